The number of benzene rings is 2. The lowest BCUT2D eigenvalue weighted by Crippen LogP contribution is -2.29. The number of hydrogen-bond donors (Lipinski definition) is 2. The molecular formula is C21H27N3O. The topological polar surface area (TPSA) is 44.4 Å². The van der Waals surface area contributed by atoms with Crippen LogP contribution >= 0.6 is 0 Å². The van der Waals surface area contributed by atoms with Gasteiger partial charge in [0.2, 0.25) is 5.91 Å². The number of amides is 1. The lowest BCUT2D eigenvalue weighted by molar-refractivity contribution is -0.115. The Morgan fingerprint density at radius 3 is 2.52 bits per heavy atom. The van der Waals surface area contributed by atoms with Gasteiger partial charge < -0.3 is 15.5 Å². The summed E-state index contributed by atoms with van der Waals surface area (Å²) in [5.74, 6) is -0.0154. The van der Waals surface area contributed by atoms with Crippen LogP contribution in [0, 0.1) is 6.92 Å². The lowest BCUT2D eigenvalue weighted by atomic mass is 10.1. The van der Waals surface area contributed by atoms with Crippen LogP contribution in [0.1, 0.15) is 30.4 Å². The fourth-order valence-electron chi connectivity index (χ4n) is 3.26. The van der Waals surface area contributed by atoms with Gasteiger partial charge in [0.25, 0.3) is 0 Å². The van der Waals surface area contributed by atoms with E-state index in [0.29, 0.717) is 13.1 Å². The quantitative estimate of drug-likeness (QED) is 0.844. The summed E-state index contributed by atoms with van der Waals surface area (Å²) in [5.41, 5.74) is 4.52. The molecule has 0 spiro atoms. The third kappa shape index (κ3) is 5.33. The van der Waals surface area contributed by atoms with E-state index in [1.54, 1.807) is 0 Å². The van der Waals surface area contributed by atoms with Crippen LogP contribution in [-0.4, -0.2) is 25.5 Å². The lowest BCUT2D eigenvalue weighted by Gasteiger charge is -2.28. The summed E-state index contributed by atoms with van der Waals surface area (Å²) in [6, 6.07) is 16.5. The molecule has 0 bridgehead atoms. The van der Waals surface area contributed by atoms with Crippen LogP contribution < -0.4 is 15.5 Å². The van der Waals surface area contributed by atoms with Gasteiger partial charge in [0, 0.05) is 31.0 Å². The van der Waals surface area contributed by atoms with Crippen LogP contribution in [0.4, 0.5) is 11.4 Å². The Labute approximate surface area is 150 Å². The third-order valence-electron chi connectivity index (χ3n) is 4.57. The molecule has 2 aromatic rings. The predicted molar refractivity (Wildman–Crippen MR) is 104 cm³/mol. The van der Waals surface area contributed by atoms with Gasteiger partial charge in [-0.1, -0.05) is 29.8 Å². The molecule has 1 amide bonds. The molecular weight excluding hydrogens is 310 g/mol. The molecule has 0 unspecified atom stereocenters. The number of hydrogen-bond acceptors (Lipinski definition) is 3. The fourth-order valence-corrected chi connectivity index (χ4v) is 3.26. The molecule has 132 valence electrons. The van der Waals surface area contributed by atoms with Crippen LogP contribution in [-0.2, 0) is 11.3 Å². The van der Waals surface area contributed by atoms with E-state index in [0.717, 1.165) is 18.8 Å². The van der Waals surface area contributed by atoms with Gasteiger partial charge >= 0.3 is 0 Å². The average Bonchev–Trinajstić information content (AvgIpc) is 2.63. The zero-order chi connectivity index (χ0) is 17.5. The maximum Gasteiger partial charge on any atom is 0.238 e. The number of nitrogens with one attached hydrogen (secondary N) is 2. The molecule has 0 radical (unpaired) electrons. The Morgan fingerprint density at radius 1 is 1.04 bits per heavy atom. The minimum absolute atomic E-state index is 0.0154. The summed E-state index contributed by atoms with van der Waals surface area (Å²) in [4.78, 5) is 14.5. The van der Waals surface area contributed by atoms with E-state index in [2.05, 4.69) is 52.8 Å². The molecule has 4 nitrogen and oxygen atoms in total. The fraction of sp³-hybridized carbons (Fsp3) is 0.381. The van der Waals surface area contributed by atoms with E-state index >= 15 is 0 Å². The molecule has 1 saturated heterocycles. The standard InChI is InChI=1S/C21H27N3O/c1-17-6-5-7-18(14-17)15-22-16-21(25)23-19-8-10-20(11-9-19)24-12-3-2-4-13-24/h5-11,14,22H,2-4,12-13,15-16H2,1H3,(H,23,25). The molecule has 0 aliphatic carbocycles. The van der Waals surface area contributed by atoms with Crippen LogP contribution in [0.5, 0.6) is 0 Å². The van der Waals surface area contributed by atoms with Crippen LogP contribution in [0.3, 0.4) is 0 Å². The maximum absolute atomic E-state index is 12.1. The normalized spacial score (nSPS) is 14.4. The molecule has 2 N–H and O–H groups in total. The summed E-state index contributed by atoms with van der Waals surface area (Å²) in [5, 5.41) is 6.14. The van der Waals surface area contributed by atoms with Gasteiger partial charge in [-0.15, -0.1) is 0 Å². The van der Waals surface area contributed by atoms with Crippen molar-refractivity contribution in [2.75, 3.05) is 29.9 Å². The third-order valence-corrected chi connectivity index (χ3v) is 4.57. The first-order valence-electron chi connectivity index (χ1n) is 9.12. The highest BCUT2D eigenvalue weighted by molar-refractivity contribution is 5.92. The van der Waals surface area contributed by atoms with E-state index in [1.165, 1.54) is 36.1 Å². The Balaban J connectivity index is 1.44. The summed E-state index contributed by atoms with van der Waals surface area (Å²) >= 11 is 0. The Morgan fingerprint density at radius 2 is 1.80 bits per heavy atom. The van der Waals surface area contributed by atoms with Crippen molar-refractivity contribution in [1.82, 2.24) is 5.32 Å². The van der Waals surface area contributed by atoms with Gasteiger partial charge in [-0.3, -0.25) is 4.79 Å². The van der Waals surface area contributed by atoms with Crippen molar-refractivity contribution in [3.05, 3.63) is 59.7 Å². The summed E-state index contributed by atoms with van der Waals surface area (Å²) < 4.78 is 0. The second-order valence-electron chi connectivity index (χ2n) is 6.74. The van der Waals surface area contributed by atoms with Crippen molar-refractivity contribution in [3.63, 3.8) is 0 Å². The highest BCUT2D eigenvalue weighted by Gasteiger charge is 2.10. The smallest absolute Gasteiger partial charge is 0.238 e. The highest BCUT2D eigenvalue weighted by Crippen LogP contribution is 2.21. The minimum Gasteiger partial charge on any atom is -0.372 e. The predicted octanol–water partition coefficient (Wildman–Crippen LogP) is 3.71. The highest BCUT2D eigenvalue weighted by atomic mass is 16.1. The number of rotatable bonds is 6. The second kappa shape index (κ2) is 8.67. The van der Waals surface area contributed by atoms with Crippen LogP contribution in [0.15, 0.2) is 48.5 Å². The number of piperidine rings is 1. The number of anilines is 2. The monoisotopic (exact) mass is 337 g/mol. The zero-order valence-corrected chi connectivity index (χ0v) is 14.9. The Hall–Kier alpha value is -2.33. The molecule has 25 heavy (non-hydrogen) atoms. The number of carbonyl (C=O) groups excluding carboxylic acids is 1. The Kier molecular flexibility index (Phi) is 6.07. The number of aryl methyl sites for hydroxylation is 1. The summed E-state index contributed by atoms with van der Waals surface area (Å²) in [6.45, 7) is 5.34. The van der Waals surface area contributed by atoms with Crippen LogP contribution in [0.25, 0.3) is 0 Å². The van der Waals surface area contributed by atoms with Gasteiger partial charge in [0.15, 0.2) is 0 Å². The Bertz CT molecular complexity index is 691. The van der Waals surface area contributed by atoms with Gasteiger partial charge in [-0.25, -0.2) is 0 Å². The zero-order valence-electron chi connectivity index (χ0n) is 14.9. The molecule has 1 fully saturated rings. The van der Waals surface area contributed by atoms with Crippen molar-refractivity contribution >= 4 is 17.3 Å². The molecule has 1 aliphatic rings. The molecule has 2 aromatic carbocycles. The van der Waals surface area contributed by atoms with E-state index in [4.69, 9.17) is 0 Å². The molecule has 3 rings (SSSR count). The van der Waals surface area contributed by atoms with Crippen molar-refractivity contribution < 1.29 is 4.79 Å². The first-order chi connectivity index (χ1) is 12.2. The van der Waals surface area contributed by atoms with Gasteiger partial charge in [0.1, 0.15) is 0 Å². The van der Waals surface area contributed by atoms with Gasteiger partial charge in [0.05, 0.1) is 6.54 Å². The minimum atomic E-state index is -0.0154. The molecule has 0 saturated carbocycles. The van der Waals surface area contributed by atoms with E-state index < -0.39 is 0 Å². The molecule has 0 atom stereocenters. The first-order valence-corrected chi connectivity index (χ1v) is 9.12. The van der Waals surface area contributed by atoms with Gasteiger partial charge in [-0.05, 0) is 56.0 Å². The largest absolute Gasteiger partial charge is 0.372 e. The SMILES string of the molecule is Cc1cccc(CNCC(=O)Nc2ccc(N3CCCCC3)cc2)c1. The number of carbonyl (C=O) groups is 1. The van der Waals surface area contributed by atoms with Crippen molar-refractivity contribution in [3.8, 4) is 0 Å². The molecule has 0 aromatic heterocycles. The van der Waals surface area contributed by atoms with E-state index in [1.807, 2.05) is 18.2 Å². The first kappa shape index (κ1) is 17.5. The number of nitrogens with zero attached hydrogens (tertiary/aromatic N) is 1. The van der Waals surface area contributed by atoms with E-state index in [-0.39, 0.29) is 5.91 Å². The van der Waals surface area contributed by atoms with E-state index in [9.17, 15) is 4.79 Å². The summed E-state index contributed by atoms with van der Waals surface area (Å²) in [7, 11) is 0. The molecule has 4 heteroatoms. The van der Waals surface area contributed by atoms with Crippen molar-refractivity contribution in [2.24, 2.45) is 0 Å². The maximum atomic E-state index is 12.1. The second-order valence-corrected chi connectivity index (χ2v) is 6.74. The van der Waals surface area contributed by atoms with Crippen LogP contribution in [0.2, 0.25) is 0 Å². The van der Waals surface area contributed by atoms with Gasteiger partial charge in [-0.2, -0.15) is 0 Å². The molecule has 1 heterocycles. The molecule has 1 aliphatic heterocycles. The average molecular weight is 337 g/mol. The summed E-state index contributed by atoms with van der Waals surface area (Å²) in [6.07, 6.45) is 3.87. The van der Waals surface area contributed by atoms with Crippen molar-refractivity contribution in [1.29, 1.82) is 0 Å². The van der Waals surface area contributed by atoms with Crippen molar-refractivity contribution in [2.45, 2.75) is 32.7 Å².